The summed E-state index contributed by atoms with van der Waals surface area (Å²) in [7, 11) is 0. The molecular weight excluding hydrogens is 337 g/mol. The first-order chi connectivity index (χ1) is 12.7. The number of hydrogen-bond donors (Lipinski definition) is 0. The van der Waals surface area contributed by atoms with Crippen LogP contribution in [0.1, 0.15) is 19.2 Å². The van der Waals surface area contributed by atoms with Crippen molar-refractivity contribution in [2.75, 3.05) is 6.61 Å². The number of para-hydroxylation sites is 2. The van der Waals surface area contributed by atoms with Gasteiger partial charge in [-0.2, -0.15) is 0 Å². The number of aryl methyl sites for hydroxylation is 1. The van der Waals surface area contributed by atoms with E-state index in [9.17, 15) is 9.18 Å². The second kappa shape index (κ2) is 8.29. The summed E-state index contributed by atoms with van der Waals surface area (Å²) in [4.78, 5) is 16.2. The maximum Gasteiger partial charge on any atom is 0.311 e. The predicted molar refractivity (Wildman–Crippen MR) is 93.5 cm³/mol. The lowest BCUT2D eigenvalue weighted by molar-refractivity contribution is -0.134. The van der Waals surface area contributed by atoms with Gasteiger partial charge in [0.05, 0.1) is 24.8 Å². The lowest BCUT2D eigenvalue weighted by atomic mass is 10.2. The lowest BCUT2D eigenvalue weighted by Crippen LogP contribution is -2.10. The Labute approximate surface area is 150 Å². The van der Waals surface area contributed by atoms with Crippen LogP contribution in [0.5, 0.6) is 11.5 Å². The highest BCUT2D eigenvalue weighted by atomic mass is 19.1. The van der Waals surface area contributed by atoms with E-state index in [-0.39, 0.29) is 18.7 Å². The van der Waals surface area contributed by atoms with E-state index >= 15 is 0 Å². The first-order valence-corrected chi connectivity index (χ1v) is 8.29. The smallest absolute Gasteiger partial charge is 0.311 e. The highest BCUT2D eigenvalue weighted by Crippen LogP contribution is 2.27. The summed E-state index contributed by atoms with van der Waals surface area (Å²) in [5.41, 5.74) is 0.333. The molecule has 134 valence electrons. The first kappa shape index (κ1) is 17.7. The zero-order valence-corrected chi connectivity index (χ0v) is 14.3. The highest BCUT2D eigenvalue weighted by molar-refractivity contribution is 5.73. The molecule has 0 N–H and O–H groups in total. The van der Waals surface area contributed by atoms with Gasteiger partial charge in [0.2, 0.25) is 0 Å². The number of rotatable bonds is 7. The van der Waals surface area contributed by atoms with Crippen LogP contribution >= 0.6 is 0 Å². The summed E-state index contributed by atoms with van der Waals surface area (Å²) < 4.78 is 30.1. The van der Waals surface area contributed by atoms with E-state index in [1.807, 2.05) is 6.92 Å². The molecule has 0 aliphatic rings. The number of oxazole rings is 1. The van der Waals surface area contributed by atoms with Crippen LogP contribution in [0.4, 0.5) is 4.39 Å². The molecule has 3 rings (SSSR count). The minimum absolute atomic E-state index is 0.0810. The number of carbonyl (C=O) groups is 1. The van der Waals surface area contributed by atoms with Crippen LogP contribution in [0.25, 0.3) is 11.3 Å². The summed E-state index contributed by atoms with van der Waals surface area (Å²) >= 11 is 0. The number of hydrogen-bond acceptors (Lipinski definition) is 5. The summed E-state index contributed by atoms with van der Waals surface area (Å²) in [6.07, 6.45) is 1.78. The van der Waals surface area contributed by atoms with Gasteiger partial charge in [-0.05, 0) is 31.2 Å². The van der Waals surface area contributed by atoms with Crippen molar-refractivity contribution in [3.8, 4) is 22.8 Å². The van der Waals surface area contributed by atoms with Gasteiger partial charge in [-0.25, -0.2) is 9.37 Å². The molecule has 6 heteroatoms. The predicted octanol–water partition coefficient (Wildman–Crippen LogP) is 4.42. The van der Waals surface area contributed by atoms with E-state index in [0.29, 0.717) is 35.3 Å². The zero-order chi connectivity index (χ0) is 18.4. The van der Waals surface area contributed by atoms with Gasteiger partial charge in [-0.15, -0.1) is 0 Å². The van der Waals surface area contributed by atoms with Gasteiger partial charge in [0.1, 0.15) is 5.82 Å². The molecule has 26 heavy (non-hydrogen) atoms. The van der Waals surface area contributed by atoms with Crippen molar-refractivity contribution in [1.82, 2.24) is 4.98 Å². The van der Waals surface area contributed by atoms with E-state index < -0.39 is 5.97 Å². The van der Waals surface area contributed by atoms with Crippen molar-refractivity contribution in [1.29, 1.82) is 0 Å². The molecule has 0 saturated carbocycles. The van der Waals surface area contributed by atoms with Crippen LogP contribution in [0.3, 0.4) is 0 Å². The van der Waals surface area contributed by atoms with Crippen molar-refractivity contribution >= 4 is 5.97 Å². The van der Waals surface area contributed by atoms with Crippen molar-refractivity contribution in [2.24, 2.45) is 0 Å². The minimum atomic E-state index is -0.428. The Hall–Kier alpha value is -3.15. The Morgan fingerprint density at radius 1 is 1.12 bits per heavy atom. The van der Waals surface area contributed by atoms with Gasteiger partial charge in [0.25, 0.3) is 0 Å². The molecule has 0 spiro atoms. The van der Waals surface area contributed by atoms with Gasteiger partial charge in [0.15, 0.2) is 23.1 Å². The zero-order valence-electron chi connectivity index (χ0n) is 14.3. The third-order valence-electron chi connectivity index (χ3n) is 3.61. The topological polar surface area (TPSA) is 61.6 Å². The SMILES string of the molecule is CCOc1ccccc1OC(=O)CCc1ncc(-c2ccccc2F)o1. The van der Waals surface area contributed by atoms with E-state index in [4.69, 9.17) is 13.9 Å². The lowest BCUT2D eigenvalue weighted by Gasteiger charge is -2.09. The Morgan fingerprint density at radius 2 is 1.85 bits per heavy atom. The maximum atomic E-state index is 13.8. The average molecular weight is 355 g/mol. The summed E-state index contributed by atoms with van der Waals surface area (Å²) in [6.45, 7) is 2.33. The van der Waals surface area contributed by atoms with Gasteiger partial charge in [-0.1, -0.05) is 24.3 Å². The number of esters is 1. The van der Waals surface area contributed by atoms with Gasteiger partial charge < -0.3 is 13.9 Å². The number of aromatic nitrogens is 1. The Balaban J connectivity index is 1.60. The molecule has 0 fully saturated rings. The molecule has 0 amide bonds. The van der Waals surface area contributed by atoms with E-state index in [2.05, 4.69) is 4.98 Å². The molecule has 2 aromatic carbocycles. The summed E-state index contributed by atoms with van der Waals surface area (Å²) in [5.74, 6) is 0.747. The second-order valence-electron chi connectivity index (χ2n) is 5.45. The normalized spacial score (nSPS) is 10.5. The first-order valence-electron chi connectivity index (χ1n) is 8.29. The van der Waals surface area contributed by atoms with Crippen LogP contribution in [0.15, 0.2) is 59.1 Å². The number of halogens is 1. The largest absolute Gasteiger partial charge is 0.490 e. The molecule has 0 bridgehead atoms. The molecule has 0 aliphatic carbocycles. The molecule has 0 unspecified atom stereocenters. The minimum Gasteiger partial charge on any atom is -0.490 e. The Morgan fingerprint density at radius 3 is 2.62 bits per heavy atom. The van der Waals surface area contributed by atoms with Crippen molar-refractivity contribution in [3.63, 3.8) is 0 Å². The van der Waals surface area contributed by atoms with E-state index in [1.54, 1.807) is 42.5 Å². The van der Waals surface area contributed by atoms with Gasteiger partial charge in [0, 0.05) is 6.42 Å². The van der Waals surface area contributed by atoms with Crippen molar-refractivity contribution in [2.45, 2.75) is 19.8 Å². The molecule has 0 atom stereocenters. The molecular formula is C20H18FNO4. The van der Waals surface area contributed by atoms with E-state index in [1.165, 1.54) is 12.3 Å². The molecule has 3 aromatic rings. The van der Waals surface area contributed by atoms with E-state index in [0.717, 1.165) is 0 Å². The fourth-order valence-corrected chi connectivity index (χ4v) is 2.40. The number of benzene rings is 2. The molecule has 0 radical (unpaired) electrons. The van der Waals surface area contributed by atoms with Crippen LogP contribution in [-0.4, -0.2) is 17.6 Å². The summed E-state index contributed by atoms with van der Waals surface area (Å²) in [6, 6.07) is 13.3. The molecule has 0 saturated heterocycles. The number of nitrogens with zero attached hydrogens (tertiary/aromatic N) is 1. The standard InChI is InChI=1S/C20H18FNO4/c1-2-24-16-9-5-6-10-17(16)26-20(23)12-11-19-22-13-18(25-19)14-7-3-4-8-15(14)21/h3-10,13H,2,11-12H2,1H3. The molecule has 0 aliphatic heterocycles. The molecule has 1 heterocycles. The van der Waals surface area contributed by atoms with Gasteiger partial charge in [-0.3, -0.25) is 4.79 Å². The monoisotopic (exact) mass is 355 g/mol. The molecule has 5 nitrogen and oxygen atoms in total. The highest BCUT2D eigenvalue weighted by Gasteiger charge is 2.14. The third-order valence-corrected chi connectivity index (χ3v) is 3.61. The van der Waals surface area contributed by atoms with Gasteiger partial charge >= 0.3 is 5.97 Å². The van der Waals surface area contributed by atoms with Crippen molar-refractivity contribution < 1.29 is 23.1 Å². The average Bonchev–Trinajstić information content (AvgIpc) is 3.11. The summed E-state index contributed by atoms with van der Waals surface area (Å²) in [5, 5.41) is 0. The Bertz CT molecular complexity index is 891. The van der Waals surface area contributed by atoms with Crippen LogP contribution in [-0.2, 0) is 11.2 Å². The number of ether oxygens (including phenoxy) is 2. The molecule has 1 aromatic heterocycles. The van der Waals surface area contributed by atoms with Crippen LogP contribution < -0.4 is 9.47 Å². The fourth-order valence-electron chi connectivity index (χ4n) is 2.40. The van der Waals surface area contributed by atoms with Crippen LogP contribution in [0.2, 0.25) is 0 Å². The van der Waals surface area contributed by atoms with Crippen molar-refractivity contribution in [3.05, 3.63) is 66.4 Å². The van der Waals surface area contributed by atoms with Crippen LogP contribution in [0, 0.1) is 5.82 Å². The Kier molecular flexibility index (Phi) is 5.63. The fraction of sp³-hybridized carbons (Fsp3) is 0.200. The number of carbonyl (C=O) groups excluding carboxylic acids is 1. The maximum absolute atomic E-state index is 13.8. The third kappa shape index (κ3) is 4.27. The second-order valence-corrected chi connectivity index (χ2v) is 5.45. The quantitative estimate of drug-likeness (QED) is 0.464.